The molecule has 1 aliphatic rings. The van der Waals surface area contributed by atoms with E-state index in [0.717, 1.165) is 0 Å². The van der Waals surface area contributed by atoms with E-state index in [2.05, 4.69) is 5.32 Å². The number of nitrogens with one attached hydrogen (secondary N) is 1. The summed E-state index contributed by atoms with van der Waals surface area (Å²) in [6.07, 6.45) is -4.40. The predicted molar refractivity (Wildman–Crippen MR) is 63.0 cm³/mol. The lowest BCUT2D eigenvalue weighted by atomic mass is 10.0. The van der Waals surface area contributed by atoms with Crippen LogP contribution in [0.1, 0.15) is 35.2 Å². The second-order valence-corrected chi connectivity index (χ2v) is 4.49. The molecule has 0 saturated heterocycles. The highest BCUT2D eigenvalue weighted by Crippen LogP contribution is 2.26. The van der Waals surface area contributed by atoms with E-state index in [9.17, 15) is 22.8 Å². The number of alkyl halides is 3. The van der Waals surface area contributed by atoms with Gasteiger partial charge in [0, 0.05) is 17.7 Å². The zero-order valence-electron chi connectivity index (χ0n) is 10.0. The number of rotatable bonds is 2. The number of fused-ring (bicyclic) bond motifs is 1. The first-order valence-corrected chi connectivity index (χ1v) is 5.88. The second kappa shape index (κ2) is 5.03. The lowest BCUT2D eigenvalue weighted by Crippen LogP contribution is -2.15. The molecular weight excluding hydrogens is 259 g/mol. The fourth-order valence-corrected chi connectivity index (χ4v) is 2.03. The van der Waals surface area contributed by atoms with E-state index >= 15 is 0 Å². The second-order valence-electron chi connectivity index (χ2n) is 4.49. The lowest BCUT2D eigenvalue weighted by molar-refractivity contribution is -0.125. The van der Waals surface area contributed by atoms with Gasteiger partial charge in [-0.25, -0.2) is 0 Å². The SMILES string of the molecule is O=C1CCCc2cc(C(=O)CC(F)(F)F)ccc2N1. The minimum absolute atomic E-state index is 0.0345. The normalized spacial score (nSPS) is 15.4. The van der Waals surface area contributed by atoms with Gasteiger partial charge in [0.1, 0.15) is 6.42 Å². The van der Waals surface area contributed by atoms with Crippen LogP contribution in [0.5, 0.6) is 0 Å². The Labute approximate surface area is 107 Å². The van der Waals surface area contributed by atoms with Crippen molar-refractivity contribution in [1.29, 1.82) is 0 Å². The number of benzene rings is 1. The van der Waals surface area contributed by atoms with Gasteiger partial charge in [-0.15, -0.1) is 0 Å². The van der Waals surface area contributed by atoms with Crippen LogP contribution in [0.3, 0.4) is 0 Å². The monoisotopic (exact) mass is 271 g/mol. The van der Waals surface area contributed by atoms with Crippen LogP contribution in [0, 0.1) is 0 Å². The molecule has 0 aromatic heterocycles. The Kier molecular flexibility index (Phi) is 3.59. The van der Waals surface area contributed by atoms with E-state index < -0.39 is 18.4 Å². The molecule has 3 nitrogen and oxygen atoms in total. The van der Waals surface area contributed by atoms with Gasteiger partial charge < -0.3 is 5.32 Å². The first-order valence-electron chi connectivity index (χ1n) is 5.88. The highest BCUT2D eigenvalue weighted by atomic mass is 19.4. The summed E-state index contributed by atoms with van der Waals surface area (Å²) in [5.74, 6) is -1.07. The average molecular weight is 271 g/mol. The molecule has 1 aromatic carbocycles. The summed E-state index contributed by atoms with van der Waals surface area (Å²) in [4.78, 5) is 22.8. The van der Waals surface area contributed by atoms with Crippen molar-refractivity contribution in [3.8, 4) is 0 Å². The maximum absolute atomic E-state index is 12.2. The Hall–Kier alpha value is -1.85. The van der Waals surface area contributed by atoms with Crippen molar-refractivity contribution in [2.45, 2.75) is 31.9 Å². The summed E-state index contributed by atoms with van der Waals surface area (Å²) < 4.78 is 36.5. The summed E-state index contributed by atoms with van der Waals surface area (Å²) in [6.45, 7) is 0. The van der Waals surface area contributed by atoms with Gasteiger partial charge in [0.05, 0.1) is 0 Å². The predicted octanol–water partition coefficient (Wildman–Crippen LogP) is 3.10. The van der Waals surface area contributed by atoms with Crippen molar-refractivity contribution in [2.75, 3.05) is 5.32 Å². The molecule has 6 heteroatoms. The molecule has 2 rings (SSSR count). The van der Waals surface area contributed by atoms with Gasteiger partial charge in [0.2, 0.25) is 5.91 Å². The van der Waals surface area contributed by atoms with E-state index in [0.29, 0.717) is 30.5 Å². The molecule has 0 atom stereocenters. The standard InChI is InChI=1S/C13H12F3NO2/c14-13(15,16)7-11(18)9-4-5-10-8(6-9)2-1-3-12(19)17-10/h4-6H,1-3,7H2,(H,17,19). The number of carbonyl (C=O) groups excluding carboxylic acids is 2. The van der Waals surface area contributed by atoms with Gasteiger partial charge >= 0.3 is 6.18 Å². The van der Waals surface area contributed by atoms with E-state index in [1.165, 1.54) is 18.2 Å². The molecule has 0 bridgehead atoms. The topological polar surface area (TPSA) is 46.2 Å². The molecule has 0 unspecified atom stereocenters. The molecule has 1 heterocycles. The van der Waals surface area contributed by atoms with E-state index in [-0.39, 0.29) is 11.5 Å². The molecule has 1 N–H and O–H groups in total. The van der Waals surface area contributed by atoms with Crippen LogP contribution in [0.15, 0.2) is 18.2 Å². The number of ketones is 1. The molecule has 0 saturated carbocycles. The molecule has 19 heavy (non-hydrogen) atoms. The van der Waals surface area contributed by atoms with Crippen molar-refractivity contribution in [3.63, 3.8) is 0 Å². The van der Waals surface area contributed by atoms with Crippen LogP contribution >= 0.6 is 0 Å². The Morgan fingerprint density at radius 1 is 1.26 bits per heavy atom. The minimum Gasteiger partial charge on any atom is -0.326 e. The summed E-state index contributed by atoms with van der Waals surface area (Å²) in [7, 11) is 0. The van der Waals surface area contributed by atoms with Gasteiger partial charge in [-0.05, 0) is 36.6 Å². The molecule has 0 radical (unpaired) electrons. The maximum Gasteiger partial charge on any atom is 0.396 e. The number of aryl methyl sites for hydroxylation is 1. The third-order valence-electron chi connectivity index (χ3n) is 2.91. The Bertz CT molecular complexity index is 523. The zero-order chi connectivity index (χ0) is 14.0. The molecule has 0 fully saturated rings. The van der Waals surface area contributed by atoms with Crippen LogP contribution in [-0.2, 0) is 11.2 Å². The molecule has 1 aromatic rings. The fourth-order valence-electron chi connectivity index (χ4n) is 2.03. The number of hydrogen-bond acceptors (Lipinski definition) is 2. The van der Waals surface area contributed by atoms with E-state index in [1.54, 1.807) is 0 Å². The summed E-state index contributed by atoms with van der Waals surface area (Å²) in [6, 6.07) is 4.25. The minimum atomic E-state index is -4.50. The molecule has 0 aliphatic carbocycles. The number of carbonyl (C=O) groups is 2. The van der Waals surface area contributed by atoms with Gasteiger partial charge in [-0.1, -0.05) is 0 Å². The Balaban J connectivity index is 2.23. The Morgan fingerprint density at radius 3 is 2.68 bits per heavy atom. The van der Waals surface area contributed by atoms with Crippen LogP contribution in [-0.4, -0.2) is 17.9 Å². The number of Topliss-reactive ketones (excluding diaryl/α,β-unsaturated/α-hetero) is 1. The summed E-state index contributed by atoms with van der Waals surface area (Å²) in [5, 5.41) is 2.66. The number of amides is 1. The number of anilines is 1. The average Bonchev–Trinajstić information content (AvgIpc) is 2.46. The van der Waals surface area contributed by atoms with Gasteiger partial charge in [-0.2, -0.15) is 13.2 Å². The highest BCUT2D eigenvalue weighted by Gasteiger charge is 2.31. The Morgan fingerprint density at radius 2 is 2.00 bits per heavy atom. The van der Waals surface area contributed by atoms with Crippen molar-refractivity contribution < 1.29 is 22.8 Å². The van der Waals surface area contributed by atoms with Crippen LogP contribution in [0.25, 0.3) is 0 Å². The van der Waals surface area contributed by atoms with Gasteiger partial charge in [0.15, 0.2) is 5.78 Å². The van der Waals surface area contributed by atoms with Crippen molar-refractivity contribution in [1.82, 2.24) is 0 Å². The van der Waals surface area contributed by atoms with Crippen molar-refractivity contribution in [2.24, 2.45) is 0 Å². The molecule has 0 spiro atoms. The summed E-state index contributed by atoms with van der Waals surface area (Å²) in [5.41, 5.74) is 1.32. The number of hydrogen-bond donors (Lipinski definition) is 1. The summed E-state index contributed by atoms with van der Waals surface area (Å²) >= 11 is 0. The lowest BCUT2D eigenvalue weighted by Gasteiger charge is -2.10. The van der Waals surface area contributed by atoms with Crippen molar-refractivity contribution in [3.05, 3.63) is 29.3 Å². The fraction of sp³-hybridized carbons (Fsp3) is 0.385. The van der Waals surface area contributed by atoms with Crippen LogP contribution < -0.4 is 5.32 Å². The molecule has 102 valence electrons. The third kappa shape index (κ3) is 3.56. The highest BCUT2D eigenvalue weighted by molar-refractivity contribution is 5.98. The van der Waals surface area contributed by atoms with Gasteiger partial charge in [-0.3, -0.25) is 9.59 Å². The van der Waals surface area contributed by atoms with Crippen LogP contribution in [0.4, 0.5) is 18.9 Å². The largest absolute Gasteiger partial charge is 0.396 e. The smallest absolute Gasteiger partial charge is 0.326 e. The van der Waals surface area contributed by atoms with E-state index in [1.807, 2.05) is 0 Å². The zero-order valence-corrected chi connectivity index (χ0v) is 10.0. The quantitative estimate of drug-likeness (QED) is 0.840. The number of halogens is 3. The van der Waals surface area contributed by atoms with Crippen molar-refractivity contribution >= 4 is 17.4 Å². The first-order chi connectivity index (χ1) is 8.85. The van der Waals surface area contributed by atoms with E-state index in [4.69, 9.17) is 0 Å². The third-order valence-corrected chi connectivity index (χ3v) is 2.91. The first kappa shape index (κ1) is 13.6. The maximum atomic E-state index is 12.2. The van der Waals surface area contributed by atoms with Gasteiger partial charge in [0.25, 0.3) is 0 Å². The molecule has 1 aliphatic heterocycles. The molecular formula is C13H12F3NO2. The molecule has 1 amide bonds. The van der Waals surface area contributed by atoms with Crippen LogP contribution in [0.2, 0.25) is 0 Å².